The van der Waals surface area contributed by atoms with E-state index < -0.39 is 67.1 Å². The minimum atomic E-state index is -3.70. The normalized spacial score (nSPS) is 23.4. The van der Waals surface area contributed by atoms with E-state index in [1.54, 1.807) is 0 Å². The monoisotopic (exact) mass is 490 g/mol. The highest BCUT2D eigenvalue weighted by atomic mass is 32.2. The maximum Gasteiger partial charge on any atom is 0.229 e. The highest BCUT2D eigenvalue weighted by Crippen LogP contribution is 2.56. The maximum absolute atomic E-state index is 11.3. The number of benzene rings is 2. The summed E-state index contributed by atoms with van der Waals surface area (Å²) in [4.78, 5) is 0. The van der Waals surface area contributed by atoms with Crippen LogP contribution in [0.4, 0.5) is 11.4 Å². The minimum Gasteiger partial charge on any atom is -0.507 e. The van der Waals surface area contributed by atoms with Crippen molar-refractivity contribution in [1.82, 2.24) is 0 Å². The molecule has 1 fully saturated rings. The van der Waals surface area contributed by atoms with Gasteiger partial charge in [0.05, 0.1) is 36.1 Å². The van der Waals surface area contributed by atoms with E-state index in [2.05, 4.69) is 9.44 Å². The molecular formula is C18H22N2O10S2. The summed E-state index contributed by atoms with van der Waals surface area (Å²) >= 11 is 0. The summed E-state index contributed by atoms with van der Waals surface area (Å²) in [6.07, 6.45) is -1.23. The molecular weight excluding hydrogens is 468 g/mol. The Kier molecular flexibility index (Phi) is 5.84. The van der Waals surface area contributed by atoms with Crippen LogP contribution in [0.2, 0.25) is 0 Å². The highest BCUT2D eigenvalue weighted by Gasteiger charge is 2.54. The molecule has 0 radical (unpaired) electrons. The van der Waals surface area contributed by atoms with E-state index >= 15 is 0 Å². The third-order valence-electron chi connectivity index (χ3n) is 5.02. The van der Waals surface area contributed by atoms with Gasteiger partial charge in [-0.05, 0) is 0 Å². The molecule has 0 amide bonds. The van der Waals surface area contributed by atoms with Crippen LogP contribution < -0.4 is 9.44 Å². The topological polar surface area (TPSA) is 214 Å². The molecule has 12 nitrogen and oxygen atoms in total. The van der Waals surface area contributed by atoms with Gasteiger partial charge in [0.15, 0.2) is 0 Å². The lowest BCUT2D eigenvalue weighted by Crippen LogP contribution is -2.51. The predicted molar refractivity (Wildman–Crippen MR) is 114 cm³/mol. The van der Waals surface area contributed by atoms with Crippen molar-refractivity contribution in [1.29, 1.82) is 0 Å². The van der Waals surface area contributed by atoms with Gasteiger partial charge in [-0.25, -0.2) is 16.8 Å². The highest BCUT2D eigenvalue weighted by molar-refractivity contribution is 7.92. The van der Waals surface area contributed by atoms with Crippen molar-refractivity contribution in [3.05, 3.63) is 35.4 Å². The van der Waals surface area contributed by atoms with Gasteiger partial charge in [-0.3, -0.25) is 9.44 Å². The Morgan fingerprint density at radius 3 is 1.09 bits per heavy atom. The van der Waals surface area contributed by atoms with E-state index in [0.717, 1.165) is 36.8 Å². The summed E-state index contributed by atoms with van der Waals surface area (Å²) in [6.45, 7) is 0. The zero-order valence-electron chi connectivity index (χ0n) is 16.8. The third kappa shape index (κ3) is 4.62. The molecule has 32 heavy (non-hydrogen) atoms. The molecule has 8 N–H and O–H groups in total. The van der Waals surface area contributed by atoms with E-state index in [9.17, 15) is 47.5 Å². The molecule has 0 heterocycles. The molecule has 3 rings (SSSR count). The number of nitrogens with one attached hydrogen (secondary N) is 2. The first-order valence-electron chi connectivity index (χ1n) is 9.02. The van der Waals surface area contributed by atoms with Crippen LogP contribution in [0.15, 0.2) is 24.3 Å². The van der Waals surface area contributed by atoms with E-state index in [0.29, 0.717) is 0 Å². The van der Waals surface area contributed by atoms with E-state index in [1.165, 1.54) is 0 Å². The van der Waals surface area contributed by atoms with Crippen LogP contribution in [-0.4, -0.2) is 72.2 Å². The molecule has 0 aliphatic heterocycles. The Labute approximate surface area is 183 Å². The molecule has 14 heteroatoms. The molecule has 0 atom stereocenters. The molecule has 2 aromatic rings. The standard InChI is InChI=1S/C18H22N2O10S2/c1-31(27,28)19-7-3-9(21)13(10(22)4-7)15-17(25)16(18(15)26)14-11(23)5-8(6-12(14)24)20-32(2,29)30/h3-6,15-26H,1-2H3. The van der Waals surface area contributed by atoms with E-state index in [-0.39, 0.29) is 22.5 Å². The van der Waals surface area contributed by atoms with Crippen molar-refractivity contribution >= 4 is 31.4 Å². The minimum absolute atomic E-state index is 0.143. The molecule has 0 saturated heterocycles. The van der Waals surface area contributed by atoms with Crippen molar-refractivity contribution < 1.29 is 47.5 Å². The van der Waals surface area contributed by atoms with Crippen molar-refractivity contribution in [3.8, 4) is 23.0 Å². The molecule has 2 aromatic carbocycles. The molecule has 0 unspecified atom stereocenters. The van der Waals surface area contributed by atoms with Crippen molar-refractivity contribution in [2.24, 2.45) is 0 Å². The van der Waals surface area contributed by atoms with Crippen LogP contribution in [0.3, 0.4) is 0 Å². The van der Waals surface area contributed by atoms with Crippen LogP contribution in [-0.2, 0) is 20.0 Å². The Morgan fingerprint density at radius 1 is 0.625 bits per heavy atom. The van der Waals surface area contributed by atoms with Gasteiger partial charge in [-0.2, -0.15) is 0 Å². The van der Waals surface area contributed by atoms with Gasteiger partial charge < -0.3 is 30.6 Å². The number of aliphatic hydroxyl groups is 2. The average molecular weight is 491 g/mol. The van der Waals surface area contributed by atoms with Crippen LogP contribution >= 0.6 is 0 Å². The number of phenolic OH excluding ortho intramolecular Hbond substituents is 4. The first-order chi connectivity index (χ1) is 14.6. The molecule has 176 valence electrons. The molecule has 1 aliphatic carbocycles. The summed E-state index contributed by atoms with van der Waals surface area (Å²) in [5, 5.41) is 62.3. The van der Waals surface area contributed by atoms with Crippen LogP contribution in [0, 0.1) is 0 Å². The second kappa shape index (κ2) is 7.88. The van der Waals surface area contributed by atoms with Gasteiger partial charge in [0, 0.05) is 47.2 Å². The first kappa shape index (κ1) is 23.7. The molecule has 1 aliphatic rings. The van der Waals surface area contributed by atoms with E-state index in [4.69, 9.17) is 0 Å². The van der Waals surface area contributed by atoms with Crippen LogP contribution in [0.1, 0.15) is 23.0 Å². The molecule has 0 aromatic heterocycles. The predicted octanol–water partition coefficient (Wildman–Crippen LogP) is -0.145. The number of aromatic hydroxyl groups is 4. The Bertz CT molecular complexity index is 1120. The summed E-state index contributed by atoms with van der Waals surface area (Å²) in [5.41, 5.74) is -0.796. The summed E-state index contributed by atoms with van der Waals surface area (Å²) in [5.74, 6) is -4.87. The Morgan fingerprint density at radius 2 is 0.875 bits per heavy atom. The van der Waals surface area contributed by atoms with Crippen LogP contribution in [0.5, 0.6) is 23.0 Å². The van der Waals surface area contributed by atoms with E-state index in [1.807, 2.05) is 0 Å². The number of anilines is 2. The van der Waals surface area contributed by atoms with Crippen molar-refractivity contribution in [2.75, 3.05) is 22.0 Å². The fourth-order valence-corrected chi connectivity index (χ4v) is 4.96. The Balaban J connectivity index is 1.93. The number of phenols is 4. The molecule has 0 spiro atoms. The van der Waals surface area contributed by atoms with Crippen molar-refractivity contribution in [2.45, 2.75) is 24.0 Å². The molecule has 0 bridgehead atoms. The summed E-state index contributed by atoms with van der Waals surface area (Å²) in [7, 11) is -7.39. The van der Waals surface area contributed by atoms with Crippen LogP contribution in [0.25, 0.3) is 0 Å². The largest absolute Gasteiger partial charge is 0.507 e. The summed E-state index contributed by atoms with van der Waals surface area (Å²) < 4.78 is 49.5. The second-order valence-electron chi connectivity index (χ2n) is 7.64. The fraction of sp³-hybridized carbons (Fsp3) is 0.333. The number of hydrogen-bond donors (Lipinski definition) is 8. The number of hydrogen-bond acceptors (Lipinski definition) is 10. The first-order valence-corrected chi connectivity index (χ1v) is 12.8. The lowest BCUT2D eigenvalue weighted by molar-refractivity contribution is -0.0810. The SMILES string of the molecule is CS(=O)(=O)Nc1cc(O)c(C2C(O)C(c3c(O)cc(NS(C)(=O)=O)cc3O)C2O)c(O)c1. The maximum atomic E-state index is 11.3. The third-order valence-corrected chi connectivity index (χ3v) is 6.23. The quantitative estimate of drug-likeness (QED) is 0.268. The zero-order valence-corrected chi connectivity index (χ0v) is 18.4. The van der Waals surface area contributed by atoms with Gasteiger partial charge >= 0.3 is 0 Å². The zero-order chi connectivity index (χ0) is 24.2. The fourth-order valence-electron chi connectivity index (χ4n) is 3.86. The van der Waals surface area contributed by atoms with Crippen molar-refractivity contribution in [3.63, 3.8) is 0 Å². The lowest BCUT2D eigenvalue weighted by atomic mass is 9.62. The van der Waals surface area contributed by atoms with Gasteiger partial charge in [0.25, 0.3) is 0 Å². The van der Waals surface area contributed by atoms with Gasteiger partial charge in [0.2, 0.25) is 20.0 Å². The van der Waals surface area contributed by atoms with Gasteiger partial charge in [-0.15, -0.1) is 0 Å². The Hall–Kier alpha value is -2.94. The number of sulfonamides is 2. The van der Waals surface area contributed by atoms with Gasteiger partial charge in [0.1, 0.15) is 23.0 Å². The summed E-state index contributed by atoms with van der Waals surface area (Å²) in [6, 6.07) is 3.96. The number of rotatable bonds is 6. The molecule has 1 saturated carbocycles. The smallest absolute Gasteiger partial charge is 0.229 e. The lowest BCUT2D eigenvalue weighted by Gasteiger charge is -2.47. The average Bonchev–Trinajstić information content (AvgIpc) is 2.58. The van der Waals surface area contributed by atoms with Gasteiger partial charge in [-0.1, -0.05) is 0 Å². The second-order valence-corrected chi connectivity index (χ2v) is 11.1. The number of aliphatic hydroxyl groups excluding tert-OH is 2.